The molecule has 1 amide bonds. The Kier molecular flexibility index (Phi) is 8.65. The van der Waals surface area contributed by atoms with E-state index in [0.717, 1.165) is 22.5 Å². The van der Waals surface area contributed by atoms with Crippen molar-refractivity contribution in [3.8, 4) is 17.1 Å². The molecule has 4 rings (SSSR count). The molecule has 0 bridgehead atoms. The average Bonchev–Trinajstić information content (AvgIpc) is 3.32. The zero-order valence-corrected chi connectivity index (χ0v) is 23.5. The molecular formula is C28H31N5O3S2. The summed E-state index contributed by atoms with van der Waals surface area (Å²) in [6, 6.07) is 22.2. The summed E-state index contributed by atoms with van der Waals surface area (Å²) in [5.41, 5.74) is 4.32. The second-order valence-electron chi connectivity index (χ2n) is 8.81. The number of carbonyl (C=O) groups excluding carboxylic acids is 1. The Hall–Kier alpha value is -3.47. The molecule has 8 nitrogen and oxygen atoms in total. The largest absolute Gasteiger partial charge is 0.325 e. The monoisotopic (exact) mass is 549 g/mol. The van der Waals surface area contributed by atoms with E-state index >= 15 is 0 Å². The number of para-hydroxylation sites is 1. The predicted octanol–water partition coefficient (Wildman–Crippen LogP) is 5.31. The van der Waals surface area contributed by atoms with E-state index in [4.69, 9.17) is 0 Å². The number of rotatable bonds is 10. The van der Waals surface area contributed by atoms with E-state index in [-0.39, 0.29) is 16.6 Å². The van der Waals surface area contributed by atoms with E-state index in [2.05, 4.69) is 21.6 Å². The lowest BCUT2D eigenvalue weighted by Crippen LogP contribution is -2.30. The molecule has 38 heavy (non-hydrogen) atoms. The number of sulfonamides is 1. The van der Waals surface area contributed by atoms with Crippen LogP contribution in [0.3, 0.4) is 0 Å². The molecule has 0 saturated heterocycles. The summed E-state index contributed by atoms with van der Waals surface area (Å²) in [6.07, 6.45) is 0. The molecule has 198 valence electrons. The molecule has 0 atom stereocenters. The van der Waals surface area contributed by atoms with Gasteiger partial charge in [-0.2, -0.15) is 4.31 Å². The van der Waals surface area contributed by atoms with Crippen molar-refractivity contribution in [2.75, 3.05) is 24.2 Å². The maximum absolute atomic E-state index is 13.1. The number of nitrogens with one attached hydrogen (secondary N) is 1. The fraction of sp³-hybridized carbons (Fsp3) is 0.250. The SMILES string of the molecule is CCN(CC)S(=O)(=O)c1cccc(-c2nnc(SCC(=O)Nc3cc(C)cc(C)c3)n2-c2ccccc2)c1. The van der Waals surface area contributed by atoms with Gasteiger partial charge < -0.3 is 5.32 Å². The van der Waals surface area contributed by atoms with Gasteiger partial charge in [0.15, 0.2) is 11.0 Å². The molecule has 0 radical (unpaired) electrons. The zero-order chi connectivity index (χ0) is 27.3. The summed E-state index contributed by atoms with van der Waals surface area (Å²) >= 11 is 1.27. The predicted molar refractivity (Wildman–Crippen MR) is 152 cm³/mol. The van der Waals surface area contributed by atoms with Crippen LogP contribution in [-0.2, 0) is 14.8 Å². The van der Waals surface area contributed by atoms with Crippen molar-refractivity contribution >= 4 is 33.4 Å². The fourth-order valence-electron chi connectivity index (χ4n) is 4.24. The third kappa shape index (κ3) is 6.15. The Balaban J connectivity index is 1.65. The quantitative estimate of drug-likeness (QED) is 0.269. The van der Waals surface area contributed by atoms with Crippen LogP contribution in [0.15, 0.2) is 82.8 Å². The van der Waals surface area contributed by atoms with E-state index in [1.54, 1.807) is 18.2 Å². The number of hydrogen-bond donors (Lipinski definition) is 1. The fourth-order valence-corrected chi connectivity index (χ4v) is 6.50. The molecular weight excluding hydrogens is 518 g/mol. The van der Waals surface area contributed by atoms with Crippen molar-refractivity contribution in [1.82, 2.24) is 19.1 Å². The number of hydrogen-bond acceptors (Lipinski definition) is 6. The van der Waals surface area contributed by atoms with Crippen LogP contribution in [0.1, 0.15) is 25.0 Å². The Bertz CT molecular complexity index is 1510. The van der Waals surface area contributed by atoms with Crippen LogP contribution >= 0.6 is 11.8 Å². The number of aromatic nitrogens is 3. The van der Waals surface area contributed by atoms with Crippen molar-refractivity contribution in [2.45, 2.75) is 37.7 Å². The van der Waals surface area contributed by atoms with Gasteiger partial charge in [0.2, 0.25) is 15.9 Å². The van der Waals surface area contributed by atoms with Crippen LogP contribution in [0.25, 0.3) is 17.1 Å². The highest BCUT2D eigenvalue weighted by molar-refractivity contribution is 7.99. The molecule has 0 fully saturated rings. The molecule has 0 aliphatic heterocycles. The standard InChI is InChI=1S/C28H31N5O3S2/c1-5-32(6-2)38(35,36)25-14-10-11-22(18-25)27-30-31-28(33(27)24-12-8-7-9-13-24)37-19-26(34)29-23-16-20(3)15-21(4)17-23/h7-18H,5-6,19H2,1-4H3,(H,29,34). The third-order valence-corrected chi connectivity index (χ3v) is 8.90. The minimum absolute atomic E-state index is 0.133. The molecule has 0 aliphatic rings. The van der Waals surface area contributed by atoms with Crippen LogP contribution in [0.2, 0.25) is 0 Å². The topological polar surface area (TPSA) is 97.2 Å². The maximum Gasteiger partial charge on any atom is 0.243 e. The Morgan fingerprint density at radius 3 is 2.26 bits per heavy atom. The number of thioether (sulfide) groups is 1. The molecule has 10 heteroatoms. The van der Waals surface area contributed by atoms with E-state index in [0.29, 0.717) is 29.6 Å². The number of benzene rings is 3. The third-order valence-electron chi connectivity index (χ3n) is 5.92. The molecule has 0 saturated carbocycles. The van der Waals surface area contributed by atoms with Crippen LogP contribution in [0.5, 0.6) is 0 Å². The van der Waals surface area contributed by atoms with Crippen LogP contribution in [0.4, 0.5) is 5.69 Å². The van der Waals surface area contributed by atoms with Gasteiger partial charge in [0.05, 0.1) is 10.6 Å². The van der Waals surface area contributed by atoms with Crippen molar-refractivity contribution in [3.05, 3.63) is 83.9 Å². The second-order valence-corrected chi connectivity index (χ2v) is 11.7. The number of carbonyl (C=O) groups is 1. The van der Waals surface area contributed by atoms with Gasteiger partial charge in [0.1, 0.15) is 0 Å². The average molecular weight is 550 g/mol. The summed E-state index contributed by atoms with van der Waals surface area (Å²) in [4.78, 5) is 12.9. The lowest BCUT2D eigenvalue weighted by Gasteiger charge is -2.19. The second kappa shape index (κ2) is 11.9. The summed E-state index contributed by atoms with van der Waals surface area (Å²) < 4.78 is 29.5. The molecule has 0 aliphatic carbocycles. The van der Waals surface area contributed by atoms with E-state index in [9.17, 15) is 13.2 Å². The van der Waals surface area contributed by atoms with E-state index in [1.807, 2.05) is 80.8 Å². The summed E-state index contributed by atoms with van der Waals surface area (Å²) in [7, 11) is -3.64. The molecule has 4 aromatic rings. The Morgan fingerprint density at radius 1 is 0.921 bits per heavy atom. The molecule has 0 spiro atoms. The van der Waals surface area contributed by atoms with Gasteiger partial charge in [0, 0.05) is 30.0 Å². The van der Waals surface area contributed by atoms with Crippen LogP contribution in [-0.4, -0.2) is 52.2 Å². The zero-order valence-electron chi connectivity index (χ0n) is 21.9. The van der Waals surface area contributed by atoms with Gasteiger partial charge in [-0.3, -0.25) is 9.36 Å². The first-order chi connectivity index (χ1) is 18.2. The maximum atomic E-state index is 13.1. The van der Waals surface area contributed by atoms with Crippen molar-refractivity contribution < 1.29 is 13.2 Å². The van der Waals surface area contributed by atoms with E-state index in [1.165, 1.54) is 16.1 Å². The number of amides is 1. The van der Waals surface area contributed by atoms with Gasteiger partial charge in [-0.25, -0.2) is 8.42 Å². The van der Waals surface area contributed by atoms with Gasteiger partial charge in [0.25, 0.3) is 0 Å². The molecule has 1 aromatic heterocycles. The summed E-state index contributed by atoms with van der Waals surface area (Å²) in [6.45, 7) is 8.38. The van der Waals surface area contributed by atoms with Crippen molar-refractivity contribution in [2.24, 2.45) is 0 Å². The Labute approximate surface area is 228 Å². The Morgan fingerprint density at radius 2 is 1.61 bits per heavy atom. The minimum atomic E-state index is -3.64. The number of anilines is 1. The highest BCUT2D eigenvalue weighted by atomic mass is 32.2. The highest BCUT2D eigenvalue weighted by Gasteiger charge is 2.24. The summed E-state index contributed by atoms with van der Waals surface area (Å²) in [5, 5.41) is 12.3. The lowest BCUT2D eigenvalue weighted by molar-refractivity contribution is -0.113. The van der Waals surface area contributed by atoms with Crippen LogP contribution in [0, 0.1) is 13.8 Å². The number of nitrogens with zero attached hydrogens (tertiary/aromatic N) is 4. The first-order valence-corrected chi connectivity index (χ1v) is 14.8. The molecule has 0 unspecified atom stereocenters. The normalized spacial score (nSPS) is 11.6. The first kappa shape index (κ1) is 27.6. The van der Waals surface area contributed by atoms with Crippen molar-refractivity contribution in [3.63, 3.8) is 0 Å². The first-order valence-electron chi connectivity index (χ1n) is 12.3. The van der Waals surface area contributed by atoms with E-state index < -0.39 is 10.0 Å². The van der Waals surface area contributed by atoms with Gasteiger partial charge >= 0.3 is 0 Å². The van der Waals surface area contributed by atoms with Crippen LogP contribution < -0.4 is 5.32 Å². The molecule has 3 aromatic carbocycles. The highest BCUT2D eigenvalue weighted by Crippen LogP contribution is 2.30. The molecule has 1 N–H and O–H groups in total. The van der Waals surface area contributed by atoms with Crippen molar-refractivity contribution in [1.29, 1.82) is 0 Å². The lowest BCUT2D eigenvalue weighted by atomic mass is 10.1. The van der Waals surface area contributed by atoms with Gasteiger partial charge in [-0.15, -0.1) is 10.2 Å². The smallest absolute Gasteiger partial charge is 0.243 e. The molecule has 1 heterocycles. The number of aryl methyl sites for hydroxylation is 2. The minimum Gasteiger partial charge on any atom is -0.325 e. The summed E-state index contributed by atoms with van der Waals surface area (Å²) in [5.74, 6) is 0.468. The van der Waals surface area contributed by atoms with Gasteiger partial charge in [-0.05, 0) is 61.4 Å². The van der Waals surface area contributed by atoms with Gasteiger partial charge in [-0.1, -0.05) is 62.0 Å².